The molecule has 1 unspecified atom stereocenters. The first-order valence-corrected chi connectivity index (χ1v) is 14.8. The fourth-order valence-corrected chi connectivity index (χ4v) is 4.59. The van der Waals surface area contributed by atoms with Crippen LogP contribution >= 0.6 is 0 Å². The first kappa shape index (κ1) is 40.0. The number of hydrogen-bond acceptors (Lipinski definition) is 6. The lowest BCUT2D eigenvalue weighted by Gasteiger charge is -2.29. The molecule has 0 amide bonds. The number of esters is 2. The lowest BCUT2D eigenvalue weighted by molar-refractivity contribution is -0.142. The van der Waals surface area contributed by atoms with Crippen LogP contribution in [-0.4, -0.2) is 36.4 Å². The molecule has 1 atom stereocenters. The number of benzene rings is 2. The molecule has 0 bridgehead atoms. The number of methoxy groups -OCH3 is 2. The van der Waals surface area contributed by atoms with Crippen molar-refractivity contribution in [2.75, 3.05) is 14.2 Å². The average molecular weight is 601 g/mol. The number of aryl methyl sites for hydroxylation is 1. The summed E-state index contributed by atoms with van der Waals surface area (Å²) in [5.74, 6) is -0.235. The molecule has 0 aliphatic heterocycles. The highest BCUT2D eigenvalue weighted by atomic mass is 16.5. The van der Waals surface area contributed by atoms with Gasteiger partial charge in [-0.05, 0) is 68.4 Å². The zero-order valence-corrected chi connectivity index (χ0v) is 28.8. The quantitative estimate of drug-likeness (QED) is 0.333. The summed E-state index contributed by atoms with van der Waals surface area (Å²) in [4.78, 5) is 23.2. The molecule has 43 heavy (non-hydrogen) atoms. The van der Waals surface area contributed by atoms with Crippen LogP contribution in [0.3, 0.4) is 0 Å². The maximum atomic E-state index is 11.8. The Hall–Kier alpha value is -3.02. The second-order valence-corrected chi connectivity index (χ2v) is 15.3. The predicted molar refractivity (Wildman–Crippen MR) is 179 cm³/mol. The van der Waals surface area contributed by atoms with Gasteiger partial charge in [0.1, 0.15) is 11.5 Å². The van der Waals surface area contributed by atoms with Crippen molar-refractivity contribution >= 4 is 11.9 Å². The molecular weight excluding hydrogens is 540 g/mol. The smallest absolute Gasteiger partial charge is 0.312 e. The van der Waals surface area contributed by atoms with Crippen molar-refractivity contribution in [3.05, 3.63) is 57.6 Å². The Morgan fingerprint density at radius 1 is 0.674 bits per heavy atom. The van der Waals surface area contributed by atoms with Crippen LogP contribution in [0.2, 0.25) is 0 Å². The molecule has 0 spiro atoms. The summed E-state index contributed by atoms with van der Waals surface area (Å²) in [5, 5.41) is 21.2. The Morgan fingerprint density at radius 3 is 1.44 bits per heavy atom. The molecule has 0 aliphatic carbocycles. The summed E-state index contributed by atoms with van der Waals surface area (Å²) < 4.78 is 9.53. The second kappa shape index (κ2) is 14.6. The Labute approximate surface area is 262 Å². The first-order chi connectivity index (χ1) is 18.9. The van der Waals surface area contributed by atoms with E-state index in [1.165, 1.54) is 19.8 Å². The number of ether oxygens (including phenoxy) is 2. The van der Waals surface area contributed by atoms with Crippen molar-refractivity contribution in [1.82, 2.24) is 0 Å². The zero-order chi connectivity index (χ0) is 33.0. The van der Waals surface area contributed by atoms with E-state index < -0.39 is 0 Å². The molecule has 2 aromatic carbocycles. The van der Waals surface area contributed by atoms with Crippen LogP contribution in [0.25, 0.3) is 0 Å². The monoisotopic (exact) mass is 600 g/mol. The van der Waals surface area contributed by atoms with E-state index in [9.17, 15) is 19.8 Å². The third-order valence-electron chi connectivity index (χ3n) is 7.49. The van der Waals surface area contributed by atoms with Crippen molar-refractivity contribution in [3.63, 3.8) is 0 Å². The van der Waals surface area contributed by atoms with Gasteiger partial charge in [0.05, 0.1) is 20.1 Å². The lowest BCUT2D eigenvalue weighted by atomic mass is 9.77. The van der Waals surface area contributed by atoms with Gasteiger partial charge < -0.3 is 19.7 Å². The molecule has 2 rings (SSSR count). The van der Waals surface area contributed by atoms with E-state index in [1.807, 2.05) is 25.1 Å². The topological polar surface area (TPSA) is 93.1 Å². The Kier molecular flexibility index (Phi) is 13.6. The van der Waals surface area contributed by atoms with Crippen molar-refractivity contribution < 1.29 is 29.3 Å². The minimum Gasteiger partial charge on any atom is -0.507 e. The predicted octanol–water partition coefficient (Wildman–Crippen LogP) is 8.99. The Balaban J connectivity index is 0.000000802. The maximum Gasteiger partial charge on any atom is 0.312 e. The molecule has 2 N–H and O–H groups in total. The minimum absolute atomic E-state index is 0. The largest absolute Gasteiger partial charge is 0.507 e. The molecule has 0 heterocycles. The highest BCUT2D eigenvalue weighted by molar-refractivity contribution is 5.78. The molecule has 6 heteroatoms. The molecule has 0 aromatic heterocycles. The summed E-state index contributed by atoms with van der Waals surface area (Å²) >= 11 is 0. The summed E-state index contributed by atoms with van der Waals surface area (Å²) in [6.07, 6.45) is 0.771. The van der Waals surface area contributed by atoms with E-state index in [0.717, 1.165) is 27.8 Å². The van der Waals surface area contributed by atoms with Gasteiger partial charge in [0.15, 0.2) is 0 Å². The number of phenols is 2. The van der Waals surface area contributed by atoms with Crippen LogP contribution in [-0.2, 0) is 47.1 Å². The minimum atomic E-state index is -0.349. The molecule has 0 fully saturated rings. The SMILES string of the molecule is C.COC(=O)C(C)c1cc(C(C)(C)C)c(O)c(C(C)(C)C)c1.COC(=O)CCc1cc(C(C)(C)C)cc(C(C)(C)C)c1O. The van der Waals surface area contributed by atoms with Crippen molar-refractivity contribution in [3.8, 4) is 11.5 Å². The fraction of sp³-hybridized carbons (Fsp3) is 0.622. The van der Waals surface area contributed by atoms with Gasteiger partial charge in [-0.2, -0.15) is 0 Å². The van der Waals surface area contributed by atoms with E-state index in [1.54, 1.807) is 0 Å². The van der Waals surface area contributed by atoms with Crippen LogP contribution in [0.1, 0.15) is 143 Å². The number of aromatic hydroxyl groups is 2. The van der Waals surface area contributed by atoms with Gasteiger partial charge >= 0.3 is 11.9 Å². The molecule has 0 radical (unpaired) electrons. The zero-order valence-electron chi connectivity index (χ0n) is 28.8. The summed E-state index contributed by atoms with van der Waals surface area (Å²) in [6, 6.07) is 7.93. The van der Waals surface area contributed by atoms with Gasteiger partial charge in [-0.15, -0.1) is 0 Å². The van der Waals surface area contributed by atoms with E-state index >= 15 is 0 Å². The van der Waals surface area contributed by atoms with E-state index in [4.69, 9.17) is 4.74 Å². The summed E-state index contributed by atoms with van der Waals surface area (Å²) in [6.45, 7) is 26.9. The van der Waals surface area contributed by atoms with Crippen molar-refractivity contribution in [2.24, 2.45) is 0 Å². The summed E-state index contributed by atoms with van der Waals surface area (Å²) in [5.41, 5.74) is 4.97. The van der Waals surface area contributed by atoms with Crippen LogP contribution in [0.5, 0.6) is 11.5 Å². The van der Waals surface area contributed by atoms with Crippen molar-refractivity contribution in [1.29, 1.82) is 0 Å². The molecule has 244 valence electrons. The molecule has 2 aromatic rings. The lowest BCUT2D eigenvalue weighted by Crippen LogP contribution is -2.20. The van der Waals surface area contributed by atoms with Crippen LogP contribution in [0.4, 0.5) is 0 Å². The summed E-state index contributed by atoms with van der Waals surface area (Å²) in [7, 11) is 2.78. The number of phenolic OH excluding ortho intramolecular Hbond substituents is 2. The Bertz CT molecular complexity index is 1210. The molecule has 0 aliphatic rings. The number of hydrogen-bond donors (Lipinski definition) is 2. The fourth-order valence-electron chi connectivity index (χ4n) is 4.59. The second-order valence-electron chi connectivity index (χ2n) is 15.3. The molecular formula is C37H60O6. The molecule has 0 saturated heterocycles. The first-order valence-electron chi connectivity index (χ1n) is 14.8. The number of carbonyl (C=O) groups excluding carboxylic acids is 2. The number of carbonyl (C=O) groups is 2. The third-order valence-corrected chi connectivity index (χ3v) is 7.49. The van der Waals surface area contributed by atoms with Gasteiger partial charge in [-0.25, -0.2) is 0 Å². The van der Waals surface area contributed by atoms with Gasteiger partial charge in [0.2, 0.25) is 0 Å². The average Bonchev–Trinajstić information content (AvgIpc) is 2.84. The van der Waals surface area contributed by atoms with Crippen LogP contribution in [0.15, 0.2) is 24.3 Å². The maximum absolute atomic E-state index is 11.8. The van der Waals surface area contributed by atoms with E-state index in [2.05, 4.69) is 93.9 Å². The van der Waals surface area contributed by atoms with Crippen LogP contribution in [0, 0.1) is 0 Å². The van der Waals surface area contributed by atoms with Gasteiger partial charge in [-0.1, -0.05) is 115 Å². The Morgan fingerprint density at radius 2 is 1.09 bits per heavy atom. The molecule has 6 nitrogen and oxygen atoms in total. The van der Waals surface area contributed by atoms with E-state index in [0.29, 0.717) is 17.9 Å². The van der Waals surface area contributed by atoms with Crippen LogP contribution < -0.4 is 0 Å². The van der Waals surface area contributed by atoms with Crippen molar-refractivity contribution in [2.45, 2.75) is 138 Å². The van der Waals surface area contributed by atoms with Gasteiger partial charge in [0, 0.05) is 6.42 Å². The van der Waals surface area contributed by atoms with Gasteiger partial charge in [0.25, 0.3) is 0 Å². The third kappa shape index (κ3) is 10.9. The normalized spacial score (nSPS) is 12.8. The van der Waals surface area contributed by atoms with Gasteiger partial charge in [-0.3, -0.25) is 9.59 Å². The highest BCUT2D eigenvalue weighted by Gasteiger charge is 2.29. The molecule has 0 saturated carbocycles. The highest BCUT2D eigenvalue weighted by Crippen LogP contribution is 2.41. The van der Waals surface area contributed by atoms with E-state index in [-0.39, 0.29) is 53.4 Å². The number of rotatable bonds is 5. The standard InChI is InChI=1S/2C18H28O3.CH4/c1-11(16(20)21-8)12-9-13(17(2,3)4)15(19)14(10-12)18(5,6)7;1-17(2,3)13-10-12(8-9-15(19)21-7)16(20)14(11-13)18(4,5)6;/h9-11,19H,1-8H3;10-11,20H,8-9H2,1-7H3;1H4.